The van der Waals surface area contributed by atoms with Crippen LogP contribution in [0.2, 0.25) is 0 Å². The minimum Gasteiger partial charge on any atom is -0.481 e. The van der Waals surface area contributed by atoms with Gasteiger partial charge in [-0.2, -0.15) is 0 Å². The summed E-state index contributed by atoms with van der Waals surface area (Å²) in [7, 11) is 1.71. The molecule has 2 aliphatic rings. The van der Waals surface area contributed by atoms with Crippen molar-refractivity contribution in [3.8, 4) is 0 Å². The summed E-state index contributed by atoms with van der Waals surface area (Å²) in [5.74, 6) is -0.447. The van der Waals surface area contributed by atoms with Crippen LogP contribution in [0.15, 0.2) is 0 Å². The molecular weight excluding hydrogens is 270 g/mol. The van der Waals surface area contributed by atoms with Gasteiger partial charge in [0.2, 0.25) is 5.91 Å². The highest BCUT2D eigenvalue weighted by atomic mass is 16.5. The maximum atomic E-state index is 12.6. The van der Waals surface area contributed by atoms with Crippen LogP contribution in [-0.2, 0) is 14.3 Å². The van der Waals surface area contributed by atoms with Crippen LogP contribution in [0.25, 0.3) is 0 Å². The second kappa shape index (κ2) is 7.78. The quantitative estimate of drug-likeness (QED) is 0.844. The van der Waals surface area contributed by atoms with Gasteiger partial charge >= 0.3 is 5.97 Å². The average molecular weight is 297 g/mol. The Labute approximate surface area is 126 Å². The van der Waals surface area contributed by atoms with Crippen LogP contribution in [-0.4, -0.2) is 48.7 Å². The Hall–Kier alpha value is -1.10. The number of methoxy groups -OCH3 is 1. The second-order valence-electron chi connectivity index (χ2n) is 6.47. The van der Waals surface area contributed by atoms with E-state index in [4.69, 9.17) is 9.84 Å². The predicted molar refractivity (Wildman–Crippen MR) is 78.9 cm³/mol. The summed E-state index contributed by atoms with van der Waals surface area (Å²) in [4.78, 5) is 25.7. The molecule has 1 heterocycles. The molecule has 5 nitrogen and oxygen atoms in total. The molecule has 0 spiro atoms. The van der Waals surface area contributed by atoms with Gasteiger partial charge in [0, 0.05) is 32.7 Å². The van der Waals surface area contributed by atoms with Crippen molar-refractivity contribution in [1.82, 2.24) is 4.90 Å². The first-order valence-electron chi connectivity index (χ1n) is 8.12. The summed E-state index contributed by atoms with van der Waals surface area (Å²) in [6.07, 6.45) is 6.29. The lowest BCUT2D eigenvalue weighted by molar-refractivity contribution is -0.141. The summed E-state index contributed by atoms with van der Waals surface area (Å²) in [5, 5.41) is 9.07. The van der Waals surface area contributed by atoms with Crippen LogP contribution in [0.3, 0.4) is 0 Å². The highest BCUT2D eigenvalue weighted by molar-refractivity contribution is 5.81. The topological polar surface area (TPSA) is 66.8 Å². The zero-order valence-corrected chi connectivity index (χ0v) is 12.9. The van der Waals surface area contributed by atoms with Crippen molar-refractivity contribution < 1.29 is 19.4 Å². The Morgan fingerprint density at radius 1 is 1.19 bits per heavy atom. The van der Waals surface area contributed by atoms with Crippen LogP contribution in [0.5, 0.6) is 0 Å². The molecule has 1 amide bonds. The van der Waals surface area contributed by atoms with Gasteiger partial charge < -0.3 is 14.7 Å². The number of likely N-dealkylation sites (tertiary alicyclic amines) is 1. The fourth-order valence-electron chi connectivity index (χ4n) is 3.64. The van der Waals surface area contributed by atoms with Crippen LogP contribution in [0.4, 0.5) is 0 Å². The zero-order chi connectivity index (χ0) is 15.2. The van der Waals surface area contributed by atoms with E-state index in [1.54, 1.807) is 7.11 Å². The molecule has 1 saturated carbocycles. The Bertz CT molecular complexity index is 371. The average Bonchev–Trinajstić information content (AvgIpc) is 2.85. The first-order valence-corrected chi connectivity index (χ1v) is 8.12. The van der Waals surface area contributed by atoms with E-state index in [-0.39, 0.29) is 17.7 Å². The van der Waals surface area contributed by atoms with E-state index in [1.165, 1.54) is 6.42 Å². The van der Waals surface area contributed by atoms with Crippen LogP contribution in [0, 0.1) is 17.8 Å². The van der Waals surface area contributed by atoms with Crippen molar-refractivity contribution in [2.45, 2.75) is 44.9 Å². The predicted octanol–water partition coefficient (Wildman–Crippen LogP) is 2.15. The van der Waals surface area contributed by atoms with Crippen molar-refractivity contribution in [2.24, 2.45) is 17.8 Å². The monoisotopic (exact) mass is 297 g/mol. The molecule has 1 aliphatic carbocycles. The number of rotatable bonds is 5. The lowest BCUT2D eigenvalue weighted by atomic mass is 9.99. The second-order valence-corrected chi connectivity index (χ2v) is 6.47. The summed E-state index contributed by atoms with van der Waals surface area (Å²) < 4.78 is 5.15. The van der Waals surface area contributed by atoms with Gasteiger partial charge in [0.25, 0.3) is 0 Å². The third-order valence-electron chi connectivity index (χ3n) is 4.94. The molecular formula is C16H27NO4. The number of carbonyl (C=O) groups excluding carboxylic acids is 1. The largest absolute Gasteiger partial charge is 0.481 e. The Kier molecular flexibility index (Phi) is 6.03. The third kappa shape index (κ3) is 4.43. The highest BCUT2D eigenvalue weighted by Gasteiger charge is 2.36. The lowest BCUT2D eigenvalue weighted by Gasteiger charge is -2.27. The summed E-state index contributed by atoms with van der Waals surface area (Å²) in [6.45, 7) is 2.39. The summed E-state index contributed by atoms with van der Waals surface area (Å²) >= 11 is 0. The van der Waals surface area contributed by atoms with Gasteiger partial charge in [-0.25, -0.2) is 0 Å². The lowest BCUT2D eigenvalue weighted by Crippen LogP contribution is -2.38. The Morgan fingerprint density at radius 2 is 1.95 bits per heavy atom. The van der Waals surface area contributed by atoms with Gasteiger partial charge in [0.05, 0.1) is 5.92 Å². The minimum absolute atomic E-state index is 0.0766. The van der Waals surface area contributed by atoms with Crippen molar-refractivity contribution in [1.29, 1.82) is 0 Å². The number of ether oxygens (including phenoxy) is 1. The highest BCUT2D eigenvalue weighted by Crippen LogP contribution is 2.33. The van der Waals surface area contributed by atoms with E-state index in [0.717, 1.165) is 45.4 Å². The molecule has 120 valence electrons. The fourth-order valence-corrected chi connectivity index (χ4v) is 3.64. The maximum Gasteiger partial charge on any atom is 0.306 e. The normalized spacial score (nSPS) is 30.1. The van der Waals surface area contributed by atoms with Crippen LogP contribution in [0.1, 0.15) is 44.9 Å². The molecule has 0 bridgehead atoms. The van der Waals surface area contributed by atoms with Gasteiger partial charge in [0.15, 0.2) is 0 Å². The first-order chi connectivity index (χ1) is 10.1. The smallest absolute Gasteiger partial charge is 0.306 e. The number of aliphatic carboxylic acids is 1. The summed E-state index contributed by atoms with van der Waals surface area (Å²) in [6, 6.07) is 0. The van der Waals surface area contributed by atoms with E-state index in [9.17, 15) is 9.59 Å². The maximum absolute atomic E-state index is 12.6. The molecule has 2 rings (SSSR count). The fraction of sp³-hybridized carbons (Fsp3) is 0.875. The van der Waals surface area contributed by atoms with E-state index < -0.39 is 5.97 Å². The molecule has 1 unspecified atom stereocenters. The zero-order valence-electron chi connectivity index (χ0n) is 12.9. The van der Waals surface area contributed by atoms with E-state index >= 15 is 0 Å². The van der Waals surface area contributed by atoms with Crippen LogP contribution < -0.4 is 0 Å². The van der Waals surface area contributed by atoms with Crippen molar-refractivity contribution >= 4 is 11.9 Å². The number of carbonyl (C=O) groups is 2. The van der Waals surface area contributed by atoms with Crippen LogP contribution >= 0.6 is 0 Å². The van der Waals surface area contributed by atoms with Crippen molar-refractivity contribution in [3.05, 3.63) is 0 Å². The molecule has 5 heteroatoms. The van der Waals surface area contributed by atoms with Gasteiger partial charge in [-0.05, 0) is 44.4 Å². The van der Waals surface area contributed by atoms with E-state index in [2.05, 4.69) is 0 Å². The third-order valence-corrected chi connectivity index (χ3v) is 4.94. The van der Waals surface area contributed by atoms with Gasteiger partial charge in [0.1, 0.15) is 0 Å². The molecule has 1 saturated heterocycles. The number of nitrogens with zero attached hydrogens (tertiary/aromatic N) is 1. The van der Waals surface area contributed by atoms with E-state index in [0.29, 0.717) is 18.8 Å². The SMILES string of the molecule is COCCC1CCCCN(C(=O)[C@@H]2CC[C@H](C(=O)O)C2)C1. The van der Waals surface area contributed by atoms with Gasteiger partial charge in [-0.1, -0.05) is 6.42 Å². The van der Waals surface area contributed by atoms with E-state index in [1.807, 2.05) is 4.90 Å². The molecule has 0 aromatic carbocycles. The number of hydrogen-bond acceptors (Lipinski definition) is 3. The van der Waals surface area contributed by atoms with Crippen molar-refractivity contribution in [2.75, 3.05) is 26.8 Å². The van der Waals surface area contributed by atoms with Crippen molar-refractivity contribution in [3.63, 3.8) is 0 Å². The molecule has 0 radical (unpaired) electrons. The molecule has 0 aromatic heterocycles. The number of carboxylic acids is 1. The molecule has 21 heavy (non-hydrogen) atoms. The molecule has 0 aromatic rings. The minimum atomic E-state index is -0.751. The van der Waals surface area contributed by atoms with Gasteiger partial charge in [-0.15, -0.1) is 0 Å². The summed E-state index contributed by atoms with van der Waals surface area (Å²) in [5.41, 5.74) is 0. The molecule has 3 atom stereocenters. The Morgan fingerprint density at radius 3 is 2.62 bits per heavy atom. The number of hydrogen-bond donors (Lipinski definition) is 1. The Balaban J connectivity index is 1.89. The number of amides is 1. The first kappa shape index (κ1) is 16.3. The standard InChI is InChI=1S/C16H27NO4/c1-21-9-7-12-4-2-3-8-17(11-12)15(18)13-5-6-14(10-13)16(19)20/h12-14H,2-11H2,1H3,(H,19,20)/t12?,13-,14+/m1/s1. The molecule has 1 aliphatic heterocycles. The molecule has 2 fully saturated rings. The number of carboxylic acid groups (broad SMARTS) is 1. The molecule has 1 N–H and O–H groups in total. The van der Waals surface area contributed by atoms with Gasteiger partial charge in [-0.3, -0.25) is 9.59 Å².